The molecule has 2 rings (SSSR count). The summed E-state index contributed by atoms with van der Waals surface area (Å²) in [5, 5.41) is 2.79. The zero-order chi connectivity index (χ0) is 21.9. The van der Waals surface area contributed by atoms with Gasteiger partial charge in [-0.3, -0.25) is 30.0 Å². The molecule has 158 valence electrons. The van der Waals surface area contributed by atoms with Crippen molar-refractivity contribution in [2.45, 2.75) is 12.8 Å². The zero-order valence-electron chi connectivity index (χ0n) is 16.1. The van der Waals surface area contributed by atoms with Crippen molar-refractivity contribution in [2.24, 2.45) is 0 Å². The Morgan fingerprint density at radius 2 is 1.60 bits per heavy atom. The molecule has 0 aliphatic carbocycles. The first kappa shape index (κ1) is 22.7. The summed E-state index contributed by atoms with van der Waals surface area (Å²) in [7, 11) is 1.53. The lowest BCUT2D eigenvalue weighted by Crippen LogP contribution is -2.41. The Labute approximate surface area is 177 Å². The van der Waals surface area contributed by atoms with Crippen LogP contribution in [0, 0.1) is 0 Å². The maximum Gasteiger partial charge on any atom is 0.306 e. The molecule has 0 saturated carbocycles. The van der Waals surface area contributed by atoms with E-state index in [1.54, 1.807) is 42.5 Å². The summed E-state index contributed by atoms with van der Waals surface area (Å²) in [5.41, 5.74) is 5.09. The lowest BCUT2D eigenvalue weighted by atomic mass is 10.2. The molecule has 0 aliphatic heterocycles. The van der Waals surface area contributed by atoms with Gasteiger partial charge < -0.3 is 14.8 Å². The van der Waals surface area contributed by atoms with Crippen molar-refractivity contribution in [3.8, 4) is 5.75 Å². The molecule has 0 bridgehead atoms. The van der Waals surface area contributed by atoms with Crippen LogP contribution in [-0.2, 0) is 19.1 Å². The van der Waals surface area contributed by atoms with Crippen molar-refractivity contribution in [1.82, 2.24) is 10.9 Å². The Kier molecular flexibility index (Phi) is 8.64. The number of hydrazine groups is 1. The van der Waals surface area contributed by atoms with Gasteiger partial charge in [-0.1, -0.05) is 23.7 Å². The molecule has 2 aromatic rings. The van der Waals surface area contributed by atoms with E-state index in [0.717, 1.165) is 0 Å². The molecule has 0 spiro atoms. The fraction of sp³-hybridized carbons (Fsp3) is 0.200. The van der Waals surface area contributed by atoms with Crippen LogP contribution >= 0.6 is 11.6 Å². The molecule has 0 heterocycles. The minimum Gasteiger partial charge on any atom is -0.497 e. The predicted molar refractivity (Wildman–Crippen MR) is 109 cm³/mol. The number of nitrogens with one attached hydrogen (secondary N) is 3. The van der Waals surface area contributed by atoms with Crippen molar-refractivity contribution in [3.05, 3.63) is 59.1 Å². The van der Waals surface area contributed by atoms with Gasteiger partial charge in [0, 0.05) is 12.1 Å². The SMILES string of the molecule is COc1ccc(NC(=O)COC(=O)CCC(=O)NNC(=O)c2ccccc2Cl)cc1. The van der Waals surface area contributed by atoms with Crippen LogP contribution in [0.5, 0.6) is 5.75 Å². The molecule has 0 atom stereocenters. The number of hydrogen-bond donors (Lipinski definition) is 3. The van der Waals surface area contributed by atoms with E-state index in [2.05, 4.69) is 16.2 Å². The third-order valence-corrected chi connectivity index (χ3v) is 4.06. The number of rotatable bonds is 8. The average Bonchev–Trinajstić information content (AvgIpc) is 2.75. The van der Waals surface area contributed by atoms with Crippen LogP contribution in [0.25, 0.3) is 0 Å². The summed E-state index contributed by atoms with van der Waals surface area (Å²) >= 11 is 5.89. The summed E-state index contributed by atoms with van der Waals surface area (Å²) < 4.78 is 9.84. The number of anilines is 1. The molecule has 3 amide bonds. The third-order valence-electron chi connectivity index (χ3n) is 3.73. The number of carbonyl (C=O) groups excluding carboxylic acids is 4. The summed E-state index contributed by atoms with van der Waals surface area (Å²) in [5.74, 6) is -1.81. The van der Waals surface area contributed by atoms with Gasteiger partial charge in [0.2, 0.25) is 5.91 Å². The van der Waals surface area contributed by atoms with Gasteiger partial charge in [-0.25, -0.2) is 0 Å². The van der Waals surface area contributed by atoms with Crippen molar-refractivity contribution in [3.63, 3.8) is 0 Å². The molecule has 3 N–H and O–H groups in total. The van der Waals surface area contributed by atoms with Gasteiger partial charge in [-0.15, -0.1) is 0 Å². The van der Waals surface area contributed by atoms with Gasteiger partial charge in [0.05, 0.1) is 24.1 Å². The van der Waals surface area contributed by atoms with Gasteiger partial charge in [-0.2, -0.15) is 0 Å². The van der Waals surface area contributed by atoms with E-state index < -0.39 is 30.3 Å². The maximum atomic E-state index is 11.9. The summed E-state index contributed by atoms with van der Waals surface area (Å²) in [4.78, 5) is 47.1. The Balaban J connectivity index is 1.64. The number of esters is 1. The molecular formula is C20H20ClN3O6. The lowest BCUT2D eigenvalue weighted by Gasteiger charge is -2.09. The number of amides is 3. The maximum absolute atomic E-state index is 11.9. The van der Waals surface area contributed by atoms with E-state index in [9.17, 15) is 19.2 Å². The number of benzene rings is 2. The van der Waals surface area contributed by atoms with E-state index >= 15 is 0 Å². The first-order valence-corrected chi connectivity index (χ1v) is 9.20. The first-order valence-electron chi connectivity index (χ1n) is 8.82. The van der Waals surface area contributed by atoms with Crippen LogP contribution in [0.3, 0.4) is 0 Å². The summed E-state index contributed by atoms with van der Waals surface area (Å²) in [6, 6.07) is 13.0. The smallest absolute Gasteiger partial charge is 0.306 e. The highest BCUT2D eigenvalue weighted by Gasteiger charge is 2.13. The highest BCUT2D eigenvalue weighted by Crippen LogP contribution is 2.15. The van der Waals surface area contributed by atoms with Crippen molar-refractivity contribution < 1.29 is 28.7 Å². The van der Waals surface area contributed by atoms with Crippen LogP contribution in [0.4, 0.5) is 5.69 Å². The number of halogens is 1. The Morgan fingerprint density at radius 3 is 2.27 bits per heavy atom. The Hall–Kier alpha value is -3.59. The van der Waals surface area contributed by atoms with Crippen LogP contribution < -0.4 is 20.9 Å². The third kappa shape index (κ3) is 7.44. The Bertz CT molecular complexity index is 917. The number of methoxy groups -OCH3 is 1. The van der Waals surface area contributed by atoms with Crippen molar-refractivity contribution in [1.29, 1.82) is 0 Å². The second kappa shape index (κ2) is 11.4. The van der Waals surface area contributed by atoms with Crippen molar-refractivity contribution >= 4 is 41.0 Å². The average molecular weight is 434 g/mol. The molecule has 30 heavy (non-hydrogen) atoms. The minimum atomic E-state index is -0.729. The van der Waals surface area contributed by atoms with Crippen LogP contribution in [0.1, 0.15) is 23.2 Å². The fourth-order valence-electron chi connectivity index (χ4n) is 2.21. The fourth-order valence-corrected chi connectivity index (χ4v) is 2.43. The molecule has 0 saturated heterocycles. The molecule has 10 heteroatoms. The van der Waals surface area contributed by atoms with Crippen LogP contribution in [0.2, 0.25) is 5.02 Å². The van der Waals surface area contributed by atoms with Gasteiger partial charge in [0.1, 0.15) is 5.75 Å². The van der Waals surface area contributed by atoms with Gasteiger partial charge >= 0.3 is 5.97 Å². The summed E-state index contributed by atoms with van der Waals surface area (Å²) in [6.45, 7) is -0.490. The van der Waals surface area contributed by atoms with E-state index in [1.165, 1.54) is 13.2 Å². The first-order chi connectivity index (χ1) is 14.4. The molecule has 9 nitrogen and oxygen atoms in total. The van der Waals surface area contributed by atoms with Crippen LogP contribution in [0.15, 0.2) is 48.5 Å². The molecule has 2 aromatic carbocycles. The number of hydrogen-bond acceptors (Lipinski definition) is 6. The second-order valence-electron chi connectivity index (χ2n) is 5.92. The van der Waals surface area contributed by atoms with E-state index in [1.807, 2.05) is 0 Å². The molecule has 0 unspecified atom stereocenters. The van der Waals surface area contributed by atoms with Gasteiger partial charge in [0.15, 0.2) is 6.61 Å². The normalized spacial score (nSPS) is 9.93. The largest absolute Gasteiger partial charge is 0.497 e. The lowest BCUT2D eigenvalue weighted by molar-refractivity contribution is -0.148. The second-order valence-corrected chi connectivity index (χ2v) is 6.33. The van der Waals surface area contributed by atoms with E-state index in [4.69, 9.17) is 21.1 Å². The predicted octanol–water partition coefficient (Wildman–Crippen LogP) is 2.07. The van der Waals surface area contributed by atoms with Gasteiger partial charge in [-0.05, 0) is 36.4 Å². The molecule has 0 aromatic heterocycles. The monoisotopic (exact) mass is 433 g/mol. The topological polar surface area (TPSA) is 123 Å². The standard InChI is InChI=1S/C20H20ClN3O6/c1-29-14-8-6-13(7-9-14)22-18(26)12-30-19(27)11-10-17(25)23-24-20(28)15-4-2-3-5-16(15)21/h2-9H,10-12H2,1H3,(H,22,26)(H,23,25)(H,24,28). The van der Waals surface area contributed by atoms with Crippen molar-refractivity contribution in [2.75, 3.05) is 19.0 Å². The molecule has 0 fully saturated rings. The molecule has 0 radical (unpaired) electrons. The highest BCUT2D eigenvalue weighted by atomic mass is 35.5. The van der Waals surface area contributed by atoms with E-state index in [-0.39, 0.29) is 23.4 Å². The minimum absolute atomic E-state index is 0.196. The number of carbonyl (C=O) groups is 4. The molecule has 0 aliphatic rings. The number of ether oxygens (including phenoxy) is 2. The Morgan fingerprint density at radius 1 is 0.900 bits per heavy atom. The molecular weight excluding hydrogens is 414 g/mol. The van der Waals surface area contributed by atoms with Gasteiger partial charge in [0.25, 0.3) is 11.8 Å². The van der Waals surface area contributed by atoms with Crippen LogP contribution in [-0.4, -0.2) is 37.4 Å². The summed E-state index contributed by atoms with van der Waals surface area (Å²) in [6.07, 6.45) is -0.495. The highest BCUT2D eigenvalue weighted by molar-refractivity contribution is 6.33. The quantitative estimate of drug-likeness (QED) is 0.432. The zero-order valence-corrected chi connectivity index (χ0v) is 16.8. The van der Waals surface area contributed by atoms with E-state index in [0.29, 0.717) is 11.4 Å².